The minimum Gasteiger partial charge on any atom is -0.318 e. The van der Waals surface area contributed by atoms with Crippen LogP contribution in [0.25, 0.3) is 16.5 Å². The molecule has 0 N–H and O–H groups in total. The molecule has 0 saturated carbocycles. The average Bonchev–Trinajstić information content (AvgIpc) is 3.11. The molecule has 0 unspecified atom stereocenters. The number of amidine groups is 1. The molecule has 120 valence electrons. The lowest BCUT2D eigenvalue weighted by molar-refractivity contribution is 0.607. The molecule has 0 aliphatic carbocycles. The first-order valence-electron chi connectivity index (χ1n) is 7.74. The van der Waals surface area contributed by atoms with E-state index in [-0.39, 0.29) is 5.39 Å². The van der Waals surface area contributed by atoms with E-state index in [1.807, 2.05) is 20.8 Å². The maximum atomic E-state index is 14.0. The van der Waals surface area contributed by atoms with Crippen molar-refractivity contribution >= 4 is 33.4 Å². The van der Waals surface area contributed by atoms with Crippen LogP contribution in [0.2, 0.25) is 0 Å². The van der Waals surface area contributed by atoms with E-state index in [4.69, 9.17) is 0 Å². The van der Waals surface area contributed by atoms with Crippen molar-refractivity contribution in [3.05, 3.63) is 52.4 Å². The van der Waals surface area contributed by atoms with E-state index < -0.39 is 11.6 Å². The number of halogens is 2. The molecule has 0 spiro atoms. The molecule has 0 radical (unpaired) electrons. The molecular formula is C18H18F2N2S. The summed E-state index contributed by atoms with van der Waals surface area (Å²) in [5, 5.41) is 1.65. The maximum Gasteiger partial charge on any atom is 0.168 e. The van der Waals surface area contributed by atoms with E-state index in [2.05, 4.69) is 9.89 Å². The van der Waals surface area contributed by atoms with Gasteiger partial charge in [0.1, 0.15) is 11.6 Å². The molecule has 0 saturated heterocycles. The molecule has 2 heterocycles. The fraction of sp³-hybridized carbons (Fsp3) is 0.278. The second kappa shape index (κ2) is 6.32. The summed E-state index contributed by atoms with van der Waals surface area (Å²) in [7, 11) is 0. The van der Waals surface area contributed by atoms with Gasteiger partial charge in [0.2, 0.25) is 0 Å². The second-order valence-electron chi connectivity index (χ2n) is 5.08. The number of nitrogens with zero attached hydrogens (tertiary/aromatic N) is 2. The van der Waals surface area contributed by atoms with Gasteiger partial charge in [0, 0.05) is 17.0 Å². The quantitative estimate of drug-likeness (QED) is 0.708. The Morgan fingerprint density at radius 1 is 1.09 bits per heavy atom. The first-order valence-corrected chi connectivity index (χ1v) is 8.56. The van der Waals surface area contributed by atoms with Crippen LogP contribution in [-0.2, 0) is 0 Å². The molecule has 0 fully saturated rings. The van der Waals surface area contributed by atoms with Crippen LogP contribution in [0.3, 0.4) is 0 Å². The smallest absolute Gasteiger partial charge is 0.168 e. The first kappa shape index (κ1) is 16.0. The van der Waals surface area contributed by atoms with E-state index in [1.54, 1.807) is 30.0 Å². The molecule has 0 atom stereocenters. The van der Waals surface area contributed by atoms with Gasteiger partial charge in [-0.05, 0) is 30.5 Å². The fourth-order valence-corrected chi connectivity index (χ4v) is 4.00. The SMILES string of the molecule is CC.CC1=C(c2ccc(F)c3c(F)cccc23)N2CCN=C2S1. The van der Waals surface area contributed by atoms with Gasteiger partial charge in [-0.1, -0.05) is 37.7 Å². The lowest BCUT2D eigenvalue weighted by Gasteiger charge is -2.19. The maximum absolute atomic E-state index is 14.0. The monoisotopic (exact) mass is 332 g/mol. The summed E-state index contributed by atoms with van der Waals surface area (Å²) in [4.78, 5) is 7.71. The first-order chi connectivity index (χ1) is 11.2. The summed E-state index contributed by atoms with van der Waals surface area (Å²) in [6.45, 7) is 7.62. The van der Waals surface area contributed by atoms with E-state index in [9.17, 15) is 8.78 Å². The second-order valence-corrected chi connectivity index (χ2v) is 6.26. The van der Waals surface area contributed by atoms with Gasteiger partial charge in [0.25, 0.3) is 0 Å². The Bertz CT molecular complexity index is 819. The molecule has 0 bridgehead atoms. The molecule has 2 nitrogen and oxygen atoms in total. The van der Waals surface area contributed by atoms with Gasteiger partial charge in [-0.25, -0.2) is 8.78 Å². The van der Waals surface area contributed by atoms with Gasteiger partial charge in [-0.15, -0.1) is 0 Å². The van der Waals surface area contributed by atoms with Crippen LogP contribution in [0, 0.1) is 11.6 Å². The summed E-state index contributed by atoms with van der Waals surface area (Å²) in [5.41, 5.74) is 1.88. The summed E-state index contributed by atoms with van der Waals surface area (Å²) in [6.07, 6.45) is 0. The zero-order valence-electron chi connectivity index (χ0n) is 13.4. The van der Waals surface area contributed by atoms with E-state index in [0.29, 0.717) is 5.39 Å². The van der Waals surface area contributed by atoms with Crippen molar-refractivity contribution < 1.29 is 8.78 Å². The summed E-state index contributed by atoms with van der Waals surface area (Å²) in [5.74, 6) is -1.04. The molecule has 2 aromatic rings. The van der Waals surface area contributed by atoms with Gasteiger partial charge in [-0.2, -0.15) is 0 Å². The average molecular weight is 332 g/mol. The third kappa shape index (κ3) is 2.53. The van der Waals surface area contributed by atoms with Crippen LogP contribution in [0.4, 0.5) is 8.78 Å². The Morgan fingerprint density at radius 3 is 2.61 bits per heavy atom. The van der Waals surface area contributed by atoms with Gasteiger partial charge in [0.05, 0.1) is 17.6 Å². The van der Waals surface area contributed by atoms with Crippen molar-refractivity contribution in [2.24, 2.45) is 4.99 Å². The summed E-state index contributed by atoms with van der Waals surface area (Å²) >= 11 is 1.62. The zero-order chi connectivity index (χ0) is 16.6. The highest BCUT2D eigenvalue weighted by molar-refractivity contribution is 8.17. The van der Waals surface area contributed by atoms with Gasteiger partial charge in [-0.3, -0.25) is 4.99 Å². The highest BCUT2D eigenvalue weighted by Crippen LogP contribution is 2.43. The van der Waals surface area contributed by atoms with Crippen molar-refractivity contribution in [2.75, 3.05) is 13.1 Å². The number of hydrogen-bond donors (Lipinski definition) is 0. The van der Waals surface area contributed by atoms with Crippen molar-refractivity contribution in [3.63, 3.8) is 0 Å². The number of benzene rings is 2. The molecule has 0 amide bonds. The largest absolute Gasteiger partial charge is 0.318 e. The number of aliphatic imine (C=N–C) groups is 1. The van der Waals surface area contributed by atoms with Crippen molar-refractivity contribution in [1.82, 2.24) is 4.90 Å². The van der Waals surface area contributed by atoms with Gasteiger partial charge in [0.15, 0.2) is 5.17 Å². The minimum atomic E-state index is -0.522. The molecule has 23 heavy (non-hydrogen) atoms. The van der Waals surface area contributed by atoms with Gasteiger partial charge < -0.3 is 4.90 Å². The van der Waals surface area contributed by atoms with Crippen molar-refractivity contribution in [1.29, 1.82) is 0 Å². The molecule has 2 aliphatic rings. The molecule has 2 aromatic carbocycles. The van der Waals surface area contributed by atoms with Crippen LogP contribution in [0.1, 0.15) is 26.3 Å². The Kier molecular flexibility index (Phi) is 4.39. The standard InChI is InChI=1S/C16H12F2N2S.C2H6/c1-9-15(20-8-7-19-16(20)21-9)11-5-6-13(18)14-10(11)3-2-4-12(14)17;1-2/h2-6H,7-8H2,1H3;1-2H3. The van der Waals surface area contributed by atoms with Crippen LogP contribution < -0.4 is 0 Å². The van der Waals surface area contributed by atoms with Crippen LogP contribution in [0.15, 0.2) is 40.2 Å². The van der Waals surface area contributed by atoms with Crippen molar-refractivity contribution in [2.45, 2.75) is 20.8 Å². The Hall–Kier alpha value is -1.88. The minimum absolute atomic E-state index is 0.0601. The predicted molar refractivity (Wildman–Crippen MR) is 94.4 cm³/mol. The van der Waals surface area contributed by atoms with Crippen LogP contribution in [0.5, 0.6) is 0 Å². The molecule has 5 heteroatoms. The highest BCUT2D eigenvalue weighted by Gasteiger charge is 2.32. The highest BCUT2D eigenvalue weighted by atomic mass is 32.2. The van der Waals surface area contributed by atoms with Gasteiger partial charge >= 0.3 is 0 Å². The summed E-state index contributed by atoms with van der Waals surface area (Å²) in [6, 6.07) is 7.77. The lowest BCUT2D eigenvalue weighted by atomic mass is 10.0. The zero-order valence-corrected chi connectivity index (χ0v) is 14.2. The van der Waals surface area contributed by atoms with Crippen LogP contribution >= 0.6 is 11.8 Å². The molecular weight excluding hydrogens is 314 g/mol. The Morgan fingerprint density at radius 2 is 1.83 bits per heavy atom. The molecule has 2 aliphatic heterocycles. The summed E-state index contributed by atoms with van der Waals surface area (Å²) < 4.78 is 28.0. The van der Waals surface area contributed by atoms with Crippen molar-refractivity contribution in [3.8, 4) is 0 Å². The number of rotatable bonds is 1. The fourth-order valence-electron chi connectivity index (χ4n) is 2.96. The predicted octanol–water partition coefficient (Wildman–Crippen LogP) is 5.25. The lowest BCUT2D eigenvalue weighted by Crippen LogP contribution is -2.20. The van der Waals surface area contributed by atoms with E-state index in [1.165, 1.54) is 12.1 Å². The third-order valence-corrected chi connectivity index (χ3v) is 4.88. The molecule has 0 aromatic heterocycles. The molecule has 4 rings (SSSR count). The number of hydrogen-bond acceptors (Lipinski definition) is 3. The number of fused-ring (bicyclic) bond motifs is 2. The Balaban J connectivity index is 0.000000753. The number of allylic oxidation sites excluding steroid dienone is 1. The van der Waals surface area contributed by atoms with E-state index >= 15 is 0 Å². The number of thioether (sulfide) groups is 1. The normalized spacial score (nSPS) is 16.4. The third-order valence-electron chi connectivity index (χ3n) is 3.84. The topological polar surface area (TPSA) is 15.6 Å². The van der Waals surface area contributed by atoms with Crippen LogP contribution in [-0.4, -0.2) is 23.2 Å². The van der Waals surface area contributed by atoms with E-state index in [0.717, 1.165) is 34.4 Å². The Labute approximate surface area is 138 Å².